The van der Waals surface area contributed by atoms with Crippen molar-refractivity contribution in [3.8, 4) is 0 Å². The van der Waals surface area contributed by atoms with Gasteiger partial charge >= 0.3 is 0 Å². The van der Waals surface area contributed by atoms with E-state index < -0.39 is 12.1 Å². The molecule has 0 aromatic heterocycles. The van der Waals surface area contributed by atoms with Crippen molar-refractivity contribution in [3.05, 3.63) is 71.3 Å². The van der Waals surface area contributed by atoms with Crippen molar-refractivity contribution in [3.63, 3.8) is 0 Å². The third-order valence-electron chi connectivity index (χ3n) is 5.15. The molecule has 2 aliphatic rings. The number of hydrogen-bond acceptors (Lipinski definition) is 4. The maximum atomic E-state index is 12.6. The number of carbonyl (C=O) groups is 1. The lowest BCUT2D eigenvalue weighted by Crippen LogP contribution is -2.67. The van der Waals surface area contributed by atoms with Crippen LogP contribution in [-0.2, 0) is 24.2 Å². The van der Waals surface area contributed by atoms with E-state index in [9.17, 15) is 9.90 Å². The second-order valence-electron chi connectivity index (χ2n) is 6.81. The monoisotopic (exact) mass is 337 g/mol. The van der Waals surface area contributed by atoms with Gasteiger partial charge in [-0.3, -0.25) is 15.0 Å². The Morgan fingerprint density at radius 2 is 1.76 bits per heavy atom. The molecule has 5 nitrogen and oxygen atoms in total. The van der Waals surface area contributed by atoms with E-state index in [1.165, 1.54) is 11.1 Å². The van der Waals surface area contributed by atoms with Gasteiger partial charge < -0.3 is 10.4 Å². The van der Waals surface area contributed by atoms with Gasteiger partial charge in [-0.15, -0.1) is 0 Å². The number of nitrogens with one attached hydrogen (secondary N) is 2. The summed E-state index contributed by atoms with van der Waals surface area (Å²) in [7, 11) is 0. The topological polar surface area (TPSA) is 64.6 Å². The van der Waals surface area contributed by atoms with Gasteiger partial charge in [0.15, 0.2) is 0 Å². The van der Waals surface area contributed by atoms with E-state index >= 15 is 0 Å². The Labute approximate surface area is 147 Å². The fourth-order valence-corrected chi connectivity index (χ4v) is 3.71. The van der Waals surface area contributed by atoms with Crippen LogP contribution in [0.4, 0.5) is 0 Å². The number of rotatable bonds is 3. The lowest BCUT2D eigenvalue weighted by atomic mass is 9.95. The molecular weight excluding hydrogens is 314 g/mol. The van der Waals surface area contributed by atoms with Gasteiger partial charge in [0.1, 0.15) is 12.5 Å². The zero-order valence-electron chi connectivity index (χ0n) is 14.1. The molecule has 2 heterocycles. The quantitative estimate of drug-likeness (QED) is 0.788. The SMILES string of the molecule is O=C1NC(N2CCc3ccccc3C2)NC(O)C1Cc1ccccc1. The first-order chi connectivity index (χ1) is 12.2. The predicted molar refractivity (Wildman–Crippen MR) is 95.3 cm³/mol. The van der Waals surface area contributed by atoms with E-state index in [1.807, 2.05) is 36.4 Å². The average Bonchev–Trinajstić information content (AvgIpc) is 2.65. The second kappa shape index (κ2) is 6.96. The second-order valence-corrected chi connectivity index (χ2v) is 6.81. The predicted octanol–water partition coefficient (Wildman–Crippen LogP) is 1.22. The molecule has 1 fully saturated rings. The van der Waals surface area contributed by atoms with Crippen molar-refractivity contribution < 1.29 is 9.90 Å². The van der Waals surface area contributed by atoms with Crippen molar-refractivity contribution in [1.29, 1.82) is 0 Å². The molecule has 2 aliphatic heterocycles. The minimum absolute atomic E-state index is 0.0982. The van der Waals surface area contributed by atoms with Crippen LogP contribution in [0.15, 0.2) is 54.6 Å². The van der Waals surface area contributed by atoms with Crippen molar-refractivity contribution in [2.45, 2.75) is 31.9 Å². The van der Waals surface area contributed by atoms with E-state index in [2.05, 4.69) is 33.7 Å². The molecule has 0 bridgehead atoms. The molecule has 0 aliphatic carbocycles. The van der Waals surface area contributed by atoms with Crippen molar-refractivity contribution in [1.82, 2.24) is 15.5 Å². The third kappa shape index (κ3) is 3.44. The molecule has 1 saturated heterocycles. The third-order valence-corrected chi connectivity index (χ3v) is 5.15. The molecule has 1 amide bonds. The Bertz CT molecular complexity index is 750. The van der Waals surface area contributed by atoms with E-state index in [4.69, 9.17) is 0 Å². The zero-order valence-corrected chi connectivity index (χ0v) is 14.1. The number of benzene rings is 2. The van der Waals surface area contributed by atoms with Gasteiger partial charge in [0.2, 0.25) is 5.91 Å². The van der Waals surface area contributed by atoms with Gasteiger partial charge in [-0.05, 0) is 29.5 Å². The van der Waals surface area contributed by atoms with Gasteiger partial charge in [0.05, 0.1) is 5.92 Å². The van der Waals surface area contributed by atoms with Crippen LogP contribution in [0.5, 0.6) is 0 Å². The molecule has 2 aromatic rings. The molecule has 3 unspecified atom stereocenters. The Kier molecular flexibility index (Phi) is 4.53. The normalized spacial score (nSPS) is 26.8. The van der Waals surface area contributed by atoms with Crippen LogP contribution in [0.3, 0.4) is 0 Å². The van der Waals surface area contributed by atoms with Gasteiger partial charge in [0, 0.05) is 13.1 Å². The number of fused-ring (bicyclic) bond motifs is 1. The molecule has 3 atom stereocenters. The molecule has 4 rings (SSSR count). The lowest BCUT2D eigenvalue weighted by molar-refractivity contribution is -0.140. The first kappa shape index (κ1) is 16.3. The van der Waals surface area contributed by atoms with Crippen molar-refractivity contribution in [2.75, 3.05) is 6.54 Å². The summed E-state index contributed by atoms with van der Waals surface area (Å²) in [6.07, 6.45) is 0.295. The van der Waals surface area contributed by atoms with Crippen LogP contribution in [-0.4, -0.2) is 35.0 Å². The highest BCUT2D eigenvalue weighted by atomic mass is 16.3. The van der Waals surface area contributed by atoms with Crippen molar-refractivity contribution >= 4 is 5.91 Å². The van der Waals surface area contributed by atoms with Gasteiger partial charge in [0.25, 0.3) is 0 Å². The largest absolute Gasteiger partial charge is 0.378 e. The number of carbonyl (C=O) groups excluding carboxylic acids is 1. The lowest BCUT2D eigenvalue weighted by Gasteiger charge is -2.42. The van der Waals surface area contributed by atoms with Crippen LogP contribution in [0, 0.1) is 5.92 Å². The summed E-state index contributed by atoms with van der Waals surface area (Å²) in [5.74, 6) is -0.574. The van der Waals surface area contributed by atoms with E-state index in [-0.39, 0.29) is 12.2 Å². The number of nitrogens with zero attached hydrogens (tertiary/aromatic N) is 1. The first-order valence-corrected chi connectivity index (χ1v) is 8.80. The Hall–Kier alpha value is -2.21. The minimum atomic E-state index is -0.851. The molecule has 130 valence electrons. The summed E-state index contributed by atoms with van der Waals surface area (Å²) in [6, 6.07) is 18.2. The highest BCUT2D eigenvalue weighted by Crippen LogP contribution is 2.22. The number of amides is 1. The molecule has 0 saturated carbocycles. The summed E-state index contributed by atoms with van der Waals surface area (Å²) >= 11 is 0. The van der Waals surface area contributed by atoms with Crippen LogP contribution in [0.1, 0.15) is 16.7 Å². The fourth-order valence-electron chi connectivity index (χ4n) is 3.71. The Morgan fingerprint density at radius 3 is 2.52 bits per heavy atom. The van der Waals surface area contributed by atoms with Crippen LogP contribution in [0.2, 0.25) is 0 Å². The maximum Gasteiger partial charge on any atom is 0.229 e. The fraction of sp³-hybridized carbons (Fsp3) is 0.350. The van der Waals surface area contributed by atoms with Crippen molar-refractivity contribution in [2.24, 2.45) is 5.92 Å². The molecule has 5 heteroatoms. The van der Waals surface area contributed by atoms with E-state index in [0.717, 1.165) is 25.1 Å². The van der Waals surface area contributed by atoms with Crippen LogP contribution < -0.4 is 10.6 Å². The summed E-state index contributed by atoms with van der Waals surface area (Å²) in [4.78, 5) is 14.7. The Morgan fingerprint density at radius 1 is 1.04 bits per heavy atom. The van der Waals surface area contributed by atoms with E-state index in [0.29, 0.717) is 6.42 Å². The highest BCUT2D eigenvalue weighted by Gasteiger charge is 2.37. The molecule has 2 aromatic carbocycles. The number of aliphatic hydroxyl groups is 1. The summed E-state index contributed by atoms with van der Waals surface area (Å²) in [6.45, 7) is 1.62. The van der Waals surface area contributed by atoms with Gasteiger partial charge in [-0.1, -0.05) is 54.6 Å². The summed E-state index contributed by atoms with van der Waals surface area (Å²) in [5.41, 5.74) is 3.70. The number of aliphatic hydroxyl groups excluding tert-OH is 1. The molecule has 0 spiro atoms. The standard InChI is InChI=1S/C20H23N3O2/c24-18-17(12-14-6-2-1-3-7-14)19(25)22-20(21-18)23-11-10-15-8-4-5-9-16(15)13-23/h1-9,17-18,20-21,24H,10-13H2,(H,22,25). The maximum absolute atomic E-state index is 12.6. The number of hydrogen-bond donors (Lipinski definition) is 3. The molecule has 0 radical (unpaired) electrons. The van der Waals surface area contributed by atoms with Gasteiger partial charge in [-0.25, -0.2) is 0 Å². The molecule has 3 N–H and O–H groups in total. The molecular formula is C20H23N3O2. The summed E-state index contributed by atoms with van der Waals surface area (Å²) in [5, 5.41) is 16.7. The Balaban J connectivity index is 1.43. The van der Waals surface area contributed by atoms with Crippen LogP contribution >= 0.6 is 0 Å². The van der Waals surface area contributed by atoms with Gasteiger partial charge in [-0.2, -0.15) is 0 Å². The average molecular weight is 337 g/mol. The highest BCUT2D eigenvalue weighted by molar-refractivity contribution is 5.80. The zero-order chi connectivity index (χ0) is 17.2. The first-order valence-electron chi connectivity index (χ1n) is 8.80. The van der Waals surface area contributed by atoms with Crippen LogP contribution in [0.25, 0.3) is 0 Å². The smallest absolute Gasteiger partial charge is 0.229 e. The minimum Gasteiger partial charge on any atom is -0.378 e. The molecule has 25 heavy (non-hydrogen) atoms. The van der Waals surface area contributed by atoms with E-state index in [1.54, 1.807) is 0 Å². The summed E-state index contributed by atoms with van der Waals surface area (Å²) < 4.78 is 0.